The molecule has 0 aliphatic rings. The first-order chi connectivity index (χ1) is 15.0. The number of hydrogen-bond acceptors (Lipinski definition) is 6. The second-order valence-electron chi connectivity index (χ2n) is 6.95. The fraction of sp³-hybridized carbons (Fsp3) is 0.200. The van der Waals surface area contributed by atoms with E-state index in [2.05, 4.69) is 46.5 Å². The van der Waals surface area contributed by atoms with E-state index in [1.54, 1.807) is 6.92 Å². The van der Waals surface area contributed by atoms with Crippen LogP contribution in [0.25, 0.3) is 22.0 Å². The van der Waals surface area contributed by atoms with Gasteiger partial charge in [0.15, 0.2) is 0 Å². The van der Waals surface area contributed by atoms with Crippen LogP contribution in [0.15, 0.2) is 60.9 Å². The molecule has 0 spiro atoms. The van der Waals surface area contributed by atoms with E-state index in [-0.39, 0.29) is 0 Å². The summed E-state index contributed by atoms with van der Waals surface area (Å²) in [5, 5.41) is 12.4. The predicted octanol–water partition coefficient (Wildman–Crippen LogP) is 5.61. The minimum absolute atomic E-state index is 0.292. The van der Waals surface area contributed by atoms with Gasteiger partial charge in [0.1, 0.15) is 18.0 Å². The molecule has 0 amide bonds. The van der Waals surface area contributed by atoms with Crippen LogP contribution < -0.4 is 11.1 Å². The molecule has 0 aliphatic carbocycles. The lowest BCUT2D eigenvalue weighted by atomic mass is 9.97. The van der Waals surface area contributed by atoms with Crippen LogP contribution in [-0.4, -0.2) is 20.7 Å². The molecule has 2 aromatic heterocycles. The lowest BCUT2D eigenvalue weighted by Crippen LogP contribution is -2.12. The molecule has 2 aromatic carbocycles. The summed E-state index contributed by atoms with van der Waals surface area (Å²) in [6, 6.07) is 18.6. The van der Waals surface area contributed by atoms with Crippen LogP contribution in [0.3, 0.4) is 0 Å². The minimum Gasteiger partial charge on any atom is -0.383 e. The quantitative estimate of drug-likeness (QED) is 0.370. The van der Waals surface area contributed by atoms with Crippen molar-refractivity contribution in [3.8, 4) is 11.1 Å². The SMILES string of the molecule is CC.CC(=N)c1c(N)ncnc1NCc1nc2ccccc2cc1-c1ccccc1C. The Bertz CT molecular complexity index is 1220. The second-order valence-corrected chi connectivity index (χ2v) is 6.95. The molecule has 158 valence electrons. The number of nitrogen functional groups attached to an aromatic ring is 1. The zero-order valence-electron chi connectivity index (χ0n) is 18.4. The average molecular weight is 413 g/mol. The highest BCUT2D eigenvalue weighted by Crippen LogP contribution is 2.30. The van der Waals surface area contributed by atoms with Gasteiger partial charge in [-0.15, -0.1) is 0 Å². The molecular weight excluding hydrogens is 384 g/mol. The molecule has 6 heteroatoms. The lowest BCUT2D eigenvalue weighted by Gasteiger charge is -2.15. The van der Waals surface area contributed by atoms with Gasteiger partial charge in [0.25, 0.3) is 0 Å². The number of hydrogen-bond donors (Lipinski definition) is 3. The summed E-state index contributed by atoms with van der Waals surface area (Å²) in [7, 11) is 0. The molecule has 0 bridgehead atoms. The van der Waals surface area contributed by atoms with Crippen molar-refractivity contribution < 1.29 is 0 Å². The van der Waals surface area contributed by atoms with Gasteiger partial charge in [0.2, 0.25) is 0 Å². The van der Waals surface area contributed by atoms with E-state index >= 15 is 0 Å². The number of fused-ring (bicyclic) bond motifs is 1. The van der Waals surface area contributed by atoms with Crippen LogP contribution in [0.1, 0.15) is 37.6 Å². The van der Waals surface area contributed by atoms with Crippen LogP contribution in [0.4, 0.5) is 11.6 Å². The van der Waals surface area contributed by atoms with Crippen LogP contribution >= 0.6 is 0 Å². The first kappa shape index (κ1) is 21.9. The predicted molar refractivity (Wildman–Crippen MR) is 130 cm³/mol. The molecule has 0 saturated carbocycles. The Morgan fingerprint density at radius 2 is 1.71 bits per heavy atom. The maximum absolute atomic E-state index is 8.00. The number of nitrogens with zero attached hydrogens (tertiary/aromatic N) is 3. The van der Waals surface area contributed by atoms with Gasteiger partial charge in [-0.1, -0.05) is 56.3 Å². The molecule has 0 radical (unpaired) electrons. The van der Waals surface area contributed by atoms with E-state index in [0.29, 0.717) is 29.5 Å². The zero-order valence-corrected chi connectivity index (χ0v) is 18.4. The first-order valence-corrected chi connectivity index (χ1v) is 10.4. The van der Waals surface area contributed by atoms with Crippen LogP contribution in [0.5, 0.6) is 0 Å². The summed E-state index contributed by atoms with van der Waals surface area (Å²) in [6.07, 6.45) is 1.40. The van der Waals surface area contributed by atoms with Crippen molar-refractivity contribution in [1.29, 1.82) is 5.41 Å². The lowest BCUT2D eigenvalue weighted by molar-refractivity contribution is 1.03. The summed E-state index contributed by atoms with van der Waals surface area (Å²) in [5.41, 5.74) is 12.0. The Balaban J connectivity index is 0.00000132. The molecule has 0 unspecified atom stereocenters. The van der Waals surface area contributed by atoms with Gasteiger partial charge in [-0.25, -0.2) is 9.97 Å². The fourth-order valence-electron chi connectivity index (χ4n) is 3.47. The van der Waals surface area contributed by atoms with E-state index in [1.165, 1.54) is 11.9 Å². The van der Waals surface area contributed by atoms with Crippen molar-refractivity contribution in [1.82, 2.24) is 15.0 Å². The van der Waals surface area contributed by atoms with Crippen LogP contribution in [-0.2, 0) is 6.54 Å². The highest BCUT2D eigenvalue weighted by molar-refractivity contribution is 6.04. The van der Waals surface area contributed by atoms with Crippen LogP contribution in [0, 0.1) is 12.3 Å². The van der Waals surface area contributed by atoms with E-state index in [9.17, 15) is 0 Å². The molecule has 6 nitrogen and oxygen atoms in total. The highest BCUT2D eigenvalue weighted by atomic mass is 15.0. The topological polar surface area (TPSA) is 101 Å². The van der Waals surface area contributed by atoms with Crippen LogP contribution in [0.2, 0.25) is 0 Å². The largest absolute Gasteiger partial charge is 0.383 e. The maximum Gasteiger partial charge on any atom is 0.140 e. The number of benzene rings is 2. The Kier molecular flexibility index (Phi) is 6.92. The molecule has 4 aromatic rings. The Labute approximate surface area is 183 Å². The minimum atomic E-state index is 0.292. The fourth-order valence-corrected chi connectivity index (χ4v) is 3.47. The second kappa shape index (κ2) is 9.80. The summed E-state index contributed by atoms with van der Waals surface area (Å²) < 4.78 is 0. The number of nitrogens with one attached hydrogen (secondary N) is 2. The number of anilines is 2. The molecule has 0 aliphatic heterocycles. The van der Waals surface area contributed by atoms with Gasteiger partial charge >= 0.3 is 0 Å². The first-order valence-electron chi connectivity index (χ1n) is 10.4. The molecule has 2 heterocycles. The average Bonchev–Trinajstić information content (AvgIpc) is 2.78. The number of para-hydroxylation sites is 1. The molecule has 4 rings (SSSR count). The van der Waals surface area contributed by atoms with Gasteiger partial charge in [0, 0.05) is 16.7 Å². The summed E-state index contributed by atoms with van der Waals surface area (Å²) >= 11 is 0. The van der Waals surface area contributed by atoms with Crippen molar-refractivity contribution in [3.05, 3.63) is 77.7 Å². The summed E-state index contributed by atoms with van der Waals surface area (Å²) in [5.74, 6) is 0.830. The molecule has 0 fully saturated rings. The van der Waals surface area contributed by atoms with Crippen molar-refractivity contribution in [2.75, 3.05) is 11.1 Å². The zero-order chi connectivity index (χ0) is 22.4. The van der Waals surface area contributed by atoms with E-state index in [4.69, 9.17) is 16.1 Å². The number of rotatable bonds is 5. The third-order valence-electron chi connectivity index (χ3n) is 4.91. The number of aryl methyl sites for hydroxylation is 1. The normalized spacial score (nSPS) is 10.3. The van der Waals surface area contributed by atoms with Crippen molar-refractivity contribution >= 4 is 28.3 Å². The van der Waals surface area contributed by atoms with Gasteiger partial charge in [0.05, 0.1) is 23.3 Å². The Morgan fingerprint density at radius 1 is 1.00 bits per heavy atom. The van der Waals surface area contributed by atoms with Crippen molar-refractivity contribution in [2.45, 2.75) is 34.2 Å². The number of nitrogens with two attached hydrogens (primary N) is 1. The monoisotopic (exact) mass is 412 g/mol. The molecular formula is C25H28N6. The summed E-state index contributed by atoms with van der Waals surface area (Å²) in [4.78, 5) is 13.2. The smallest absolute Gasteiger partial charge is 0.140 e. The molecule has 31 heavy (non-hydrogen) atoms. The van der Waals surface area contributed by atoms with E-state index < -0.39 is 0 Å². The van der Waals surface area contributed by atoms with E-state index in [0.717, 1.165) is 27.7 Å². The van der Waals surface area contributed by atoms with E-state index in [1.807, 2.05) is 44.2 Å². The number of aromatic nitrogens is 3. The van der Waals surface area contributed by atoms with Crippen molar-refractivity contribution in [3.63, 3.8) is 0 Å². The van der Waals surface area contributed by atoms with Crippen molar-refractivity contribution in [2.24, 2.45) is 0 Å². The van der Waals surface area contributed by atoms with Gasteiger partial charge in [-0.3, -0.25) is 4.98 Å². The maximum atomic E-state index is 8.00. The third-order valence-corrected chi connectivity index (χ3v) is 4.91. The van der Waals surface area contributed by atoms with Gasteiger partial charge in [-0.05, 0) is 37.1 Å². The standard InChI is InChI=1S/C23H22N6.C2H6/c1-14-7-3-5-9-17(14)18-11-16-8-4-6-10-19(16)29-20(18)12-26-23-21(15(2)24)22(25)27-13-28-23;1-2/h3-11,13,24H,12H2,1-2H3,(H3,25,26,27,28);1-2H3. The highest BCUT2D eigenvalue weighted by Gasteiger charge is 2.14. The summed E-state index contributed by atoms with van der Waals surface area (Å²) in [6.45, 7) is 8.22. The third kappa shape index (κ3) is 4.69. The Hall–Kier alpha value is -3.80. The molecule has 4 N–H and O–H groups in total. The molecule has 0 atom stereocenters. The van der Waals surface area contributed by atoms with Gasteiger partial charge in [-0.2, -0.15) is 0 Å². The molecule has 0 saturated heterocycles. The Morgan fingerprint density at radius 3 is 2.45 bits per heavy atom. The van der Waals surface area contributed by atoms with Gasteiger partial charge < -0.3 is 16.5 Å². The number of pyridine rings is 1.